The van der Waals surface area contributed by atoms with Crippen molar-refractivity contribution in [1.82, 2.24) is 35.0 Å². The number of aromatic nitrogens is 10. The number of hydrogen-bond acceptors (Lipinski definition) is 7. The molecule has 0 fully saturated rings. The highest BCUT2D eigenvalue weighted by molar-refractivity contribution is 5.41. The molecule has 0 bridgehead atoms. The minimum absolute atomic E-state index is 0.0126. The van der Waals surface area contributed by atoms with Crippen LogP contribution < -0.4 is 13.8 Å². The monoisotopic (exact) mass is 1980 g/mol. The van der Waals surface area contributed by atoms with E-state index in [0.717, 1.165) is 40.1 Å². The first kappa shape index (κ1) is 135. The Kier molecular flexibility index (Phi) is 42.9. The molecule has 0 saturated heterocycles. The molecule has 0 atom stereocenters. The maximum atomic E-state index is 4.89. The summed E-state index contributed by atoms with van der Waals surface area (Å²) in [6.07, 6.45) is 11.4. The Balaban J connectivity index is 0.000000823. The normalized spacial score (nSPS) is 13.8. The van der Waals surface area contributed by atoms with Crippen molar-refractivity contribution in [1.29, 1.82) is 0 Å². The first-order valence-electron chi connectivity index (χ1n) is 54.7. The van der Waals surface area contributed by atoms with Crippen molar-refractivity contribution in [3.05, 3.63) is 222 Å². The van der Waals surface area contributed by atoms with Crippen LogP contribution in [0.3, 0.4) is 0 Å². The fourth-order valence-corrected chi connectivity index (χ4v) is 13.7. The first-order valence-corrected chi connectivity index (χ1v) is 54.7. The number of nitrogens with zero attached hydrogens (tertiary/aromatic N) is 10. The van der Waals surface area contributed by atoms with E-state index in [1.807, 2.05) is 0 Å². The lowest BCUT2D eigenvalue weighted by Gasteiger charge is -2.29. The molecule has 0 saturated carbocycles. The zero-order chi connectivity index (χ0) is 115. The molecule has 144 heavy (non-hydrogen) atoms. The van der Waals surface area contributed by atoms with E-state index in [2.05, 4.69) is 616 Å². The van der Waals surface area contributed by atoms with Gasteiger partial charge in [-0.2, -0.15) is 0 Å². The lowest BCUT2D eigenvalue weighted by atomic mass is 9.76. The van der Waals surface area contributed by atoms with Crippen molar-refractivity contribution < 1.29 is 13.8 Å². The molecule has 10 heteroatoms. The average Bonchev–Trinajstić information content (AvgIpc) is 0.825. The van der Waals surface area contributed by atoms with Gasteiger partial charge in [-0.3, -0.25) is 9.97 Å². The molecule has 0 unspecified atom stereocenters. The van der Waals surface area contributed by atoms with Gasteiger partial charge in [-0.1, -0.05) is 459 Å². The second-order valence-corrected chi connectivity index (χ2v) is 66.7. The average molecular weight is 1980 g/mol. The van der Waals surface area contributed by atoms with Gasteiger partial charge in [-0.05, 0) is 142 Å². The zero-order valence-corrected chi connectivity index (χ0v) is 109. The summed E-state index contributed by atoms with van der Waals surface area (Å²) in [6.45, 7) is 161. The lowest BCUT2D eigenvalue weighted by molar-refractivity contribution is -0.807. The molecule has 10 nitrogen and oxygen atoms in total. The third-order valence-corrected chi connectivity index (χ3v) is 25.7. The van der Waals surface area contributed by atoms with Crippen LogP contribution in [-0.2, 0) is 130 Å². The Morgan fingerprint density at radius 2 is 0.264 bits per heavy atom. The van der Waals surface area contributed by atoms with Crippen LogP contribution in [0.2, 0.25) is 0 Å². The lowest BCUT2D eigenvalue weighted by Crippen LogP contribution is -2.54. The van der Waals surface area contributed by atoms with Crippen LogP contribution in [0.4, 0.5) is 0 Å². The highest BCUT2D eigenvalue weighted by Crippen LogP contribution is 2.41. The van der Waals surface area contributed by atoms with Gasteiger partial charge in [0.25, 0.3) is 0 Å². The van der Waals surface area contributed by atoms with Crippen LogP contribution in [0.25, 0.3) is 0 Å². The maximum absolute atomic E-state index is 4.89. The van der Waals surface area contributed by atoms with Crippen molar-refractivity contribution in [3.8, 4) is 0 Å². The fourth-order valence-electron chi connectivity index (χ4n) is 13.7. The number of hydrogen-bond donors (Lipinski definition) is 0. The first-order chi connectivity index (χ1) is 62.5. The van der Waals surface area contributed by atoms with E-state index in [9.17, 15) is 0 Å². The summed E-state index contributed by atoms with van der Waals surface area (Å²) in [5.74, 6) is 1.89. The summed E-state index contributed by atoms with van der Waals surface area (Å²) in [5.41, 5.74) is 27.4. The van der Waals surface area contributed by atoms with Crippen LogP contribution >= 0.6 is 0 Å². The Morgan fingerprint density at radius 1 is 0.125 bits per heavy atom. The Labute approximate surface area is 894 Å². The van der Waals surface area contributed by atoms with Crippen molar-refractivity contribution in [2.24, 2.45) is 0 Å². The fraction of sp³-hybridized carbons (Fsp3) is 0.716. The molecule has 0 radical (unpaired) electrons. The molecule has 0 amide bonds. The predicted octanol–water partition coefficient (Wildman–Crippen LogP) is 36.6. The van der Waals surface area contributed by atoms with E-state index >= 15 is 0 Å². The van der Waals surface area contributed by atoms with Gasteiger partial charge in [0.1, 0.15) is 17.3 Å². The van der Waals surface area contributed by atoms with E-state index < -0.39 is 0 Å². The second-order valence-electron chi connectivity index (χ2n) is 66.7. The molecule has 8 aromatic rings. The highest BCUT2D eigenvalue weighted by atomic mass is 15.3. The standard InChI is InChI=1S/C18H30.2C17H30N.2C17H29N.C16H29N2.2C16H28N2/c1-16(2,3)13-10-14(17(4,5)6)12-15(11-13)18(7,8)9;2*1-15(2,3)13-10-14(16(4,5)6)12-18(11-13)17(7,8)9;2*1-15(2,3)12-10-13(16(4,5)6)18-14(11-12)17(7,8)9;1-14(2,3)12-10-13(15(4,5)6)17-18(11-12)16(7,8)9;2*1-14(2,3)11-10-12(15(4,5)6)18-13(17-11)16(7,8)9/h3*10-12H,1-9H3;3*10-11H,1-9H3;2*10H,1-9H3/q;2*+1;;;+1;;. The molecule has 0 aliphatic heterocycles. The van der Waals surface area contributed by atoms with Gasteiger partial charge < -0.3 is 0 Å². The highest BCUT2D eigenvalue weighted by Gasteiger charge is 2.38. The second kappa shape index (κ2) is 45.7. The minimum Gasteiger partial charge on any atom is -0.257 e. The summed E-state index contributed by atoms with van der Waals surface area (Å²) in [4.78, 5) is 28.9. The van der Waals surface area contributed by atoms with Crippen LogP contribution in [0.5, 0.6) is 0 Å². The van der Waals surface area contributed by atoms with Crippen LogP contribution in [0.1, 0.15) is 617 Å². The van der Waals surface area contributed by atoms with Crippen LogP contribution in [0.15, 0.2) is 104 Å². The Hall–Kier alpha value is -6.94. The van der Waals surface area contributed by atoms with E-state index in [-0.39, 0.29) is 130 Å². The summed E-state index contributed by atoms with van der Waals surface area (Å²) >= 11 is 0. The van der Waals surface area contributed by atoms with Gasteiger partial charge in [0, 0.05) is 195 Å². The molecule has 0 aliphatic rings. The smallest absolute Gasteiger partial charge is 0.200 e. The number of pyridine rings is 4. The Bertz CT molecular complexity index is 3780. The quantitative estimate of drug-likeness (QED) is 0.139. The van der Waals surface area contributed by atoms with Gasteiger partial charge in [0.2, 0.25) is 6.20 Å². The van der Waals surface area contributed by atoms with Crippen molar-refractivity contribution in [3.63, 3.8) is 0 Å². The molecule has 7 heterocycles. The SMILES string of the molecule is CC(C)(C)c1cc(C(C)(C)C)c[n+](C(C)(C)C)c1.CC(C)(C)c1cc(C(C)(C)C)c[n+](C(C)(C)C)c1.CC(C)(C)c1cc(C(C)(C)C)cc(C(C)(C)C)c1.CC(C)(C)c1cc(C(C)(C)C)n[n+](C(C)(C)C)c1.CC(C)(C)c1cc(C(C)(C)C)nc(C(C)(C)C)c1.CC(C)(C)c1cc(C(C)(C)C)nc(C(C)(C)C)c1.CC(C)(C)c1cc(C(C)(C)C)nc(C(C)(C)C)n1.CC(C)(C)c1cc(C(C)(C)C)nc(C(C)(C)C)n1. The molecule has 0 N–H and O–H groups in total. The van der Waals surface area contributed by atoms with Gasteiger partial charge in [-0.15, -0.1) is 0 Å². The number of rotatable bonds is 0. The third kappa shape index (κ3) is 44.7. The van der Waals surface area contributed by atoms with E-state index in [1.165, 1.54) is 78.4 Å². The molecular formula is C134H233N10+3. The van der Waals surface area contributed by atoms with Crippen LogP contribution in [-0.4, -0.2) is 35.0 Å². The summed E-state index contributed by atoms with van der Waals surface area (Å²) in [7, 11) is 0. The Morgan fingerprint density at radius 3 is 0.403 bits per heavy atom. The van der Waals surface area contributed by atoms with E-state index in [1.54, 1.807) is 0 Å². The minimum atomic E-state index is -0.0126. The molecule has 7 aromatic heterocycles. The molecule has 0 spiro atoms. The summed E-state index contributed by atoms with van der Waals surface area (Å²) < 4.78 is 6.82. The van der Waals surface area contributed by atoms with Crippen molar-refractivity contribution in [2.75, 3.05) is 0 Å². The number of benzene rings is 1. The van der Waals surface area contributed by atoms with Gasteiger partial charge in [0.05, 0.1) is 0 Å². The van der Waals surface area contributed by atoms with Crippen molar-refractivity contribution in [2.45, 2.75) is 629 Å². The molecule has 0 aliphatic carbocycles. The molecule has 8 rings (SSSR count). The van der Waals surface area contributed by atoms with E-state index in [4.69, 9.17) is 35.0 Å². The van der Waals surface area contributed by atoms with Gasteiger partial charge in [0.15, 0.2) is 41.4 Å². The van der Waals surface area contributed by atoms with E-state index in [0.29, 0.717) is 0 Å². The topological polar surface area (TPSA) is 102 Å². The molecule has 1 aromatic carbocycles. The zero-order valence-electron chi connectivity index (χ0n) is 109. The van der Waals surface area contributed by atoms with Gasteiger partial charge >= 0.3 is 0 Å². The predicted molar refractivity (Wildman–Crippen MR) is 634 cm³/mol. The summed E-state index contributed by atoms with van der Waals surface area (Å²) in [5, 5.41) is 4.81. The van der Waals surface area contributed by atoms with Crippen LogP contribution in [0, 0.1) is 0 Å². The maximum Gasteiger partial charge on any atom is 0.200 e. The van der Waals surface area contributed by atoms with Gasteiger partial charge in [-0.25, -0.2) is 29.1 Å². The summed E-state index contributed by atoms with van der Waals surface area (Å²) in [6, 6.07) is 27.5. The third-order valence-electron chi connectivity index (χ3n) is 25.7. The largest absolute Gasteiger partial charge is 0.257 e. The molecular weight excluding hydrogens is 1750 g/mol. The van der Waals surface area contributed by atoms with Crippen molar-refractivity contribution >= 4 is 0 Å². The molecule has 816 valence electrons.